The largest absolute Gasteiger partial charge is 0.489 e. The van der Waals surface area contributed by atoms with Gasteiger partial charge in [0.2, 0.25) is 0 Å². The Balaban J connectivity index is 0.00000192. The molecule has 124 valence electrons. The lowest BCUT2D eigenvalue weighted by molar-refractivity contribution is 0.282. The van der Waals surface area contributed by atoms with Crippen LogP contribution in [0.25, 0.3) is 0 Å². The molecule has 0 radical (unpaired) electrons. The maximum Gasteiger partial charge on any atom is 0.124 e. The van der Waals surface area contributed by atoms with Gasteiger partial charge in [-0.2, -0.15) is 0 Å². The van der Waals surface area contributed by atoms with Crippen LogP contribution in [0.15, 0.2) is 54.6 Å². The van der Waals surface area contributed by atoms with Crippen molar-refractivity contribution in [2.24, 2.45) is 11.7 Å². The predicted octanol–water partition coefficient (Wildman–Crippen LogP) is 3.47. The third kappa shape index (κ3) is 4.71. The lowest BCUT2D eigenvalue weighted by atomic mass is 10.1. The maximum atomic E-state index is 6.12. The van der Waals surface area contributed by atoms with Crippen LogP contribution < -0.4 is 10.5 Å². The van der Waals surface area contributed by atoms with E-state index in [0.717, 1.165) is 25.4 Å². The lowest BCUT2D eigenvalue weighted by Gasteiger charge is -2.18. The van der Waals surface area contributed by atoms with Gasteiger partial charge in [-0.1, -0.05) is 55.5 Å². The quantitative estimate of drug-likeness (QED) is 0.911. The van der Waals surface area contributed by atoms with E-state index in [1.165, 1.54) is 11.1 Å². The molecule has 1 aliphatic heterocycles. The molecule has 0 spiro atoms. The number of para-hydroxylation sites is 1. The van der Waals surface area contributed by atoms with Crippen LogP contribution in [0.1, 0.15) is 18.1 Å². The van der Waals surface area contributed by atoms with Crippen LogP contribution in [0.4, 0.5) is 0 Å². The van der Waals surface area contributed by atoms with Crippen LogP contribution >= 0.6 is 12.4 Å². The standard InChI is InChI=1S/C19H24N2O.ClH/c1-15-11-21(13-18(15)20)12-17-9-5-6-10-19(17)22-14-16-7-3-2-4-8-16;/h2-10,15,18H,11-14,20H2,1H3;1H. The Morgan fingerprint density at radius 1 is 1.04 bits per heavy atom. The SMILES string of the molecule is CC1CN(Cc2ccccc2OCc2ccccc2)CC1N.Cl. The van der Waals surface area contributed by atoms with Crippen LogP contribution in [0.2, 0.25) is 0 Å². The second-order valence-corrected chi connectivity index (χ2v) is 6.22. The molecule has 0 bridgehead atoms. The van der Waals surface area contributed by atoms with Gasteiger partial charge in [0, 0.05) is 31.2 Å². The summed E-state index contributed by atoms with van der Waals surface area (Å²) in [5.41, 5.74) is 8.55. The van der Waals surface area contributed by atoms with Gasteiger partial charge in [0.1, 0.15) is 12.4 Å². The van der Waals surface area contributed by atoms with Crippen molar-refractivity contribution in [2.75, 3.05) is 13.1 Å². The molecular formula is C19H25ClN2O. The molecule has 2 N–H and O–H groups in total. The van der Waals surface area contributed by atoms with Crippen LogP contribution in [0, 0.1) is 5.92 Å². The number of hydrogen-bond donors (Lipinski definition) is 1. The van der Waals surface area contributed by atoms with E-state index in [1.54, 1.807) is 0 Å². The highest BCUT2D eigenvalue weighted by Gasteiger charge is 2.26. The summed E-state index contributed by atoms with van der Waals surface area (Å²) in [6.07, 6.45) is 0. The van der Waals surface area contributed by atoms with Crippen LogP contribution in [0.5, 0.6) is 5.75 Å². The molecule has 4 heteroatoms. The zero-order valence-electron chi connectivity index (χ0n) is 13.5. The van der Waals surface area contributed by atoms with Crippen molar-refractivity contribution in [3.05, 3.63) is 65.7 Å². The fraction of sp³-hybridized carbons (Fsp3) is 0.368. The lowest BCUT2D eigenvalue weighted by Crippen LogP contribution is -2.28. The number of benzene rings is 2. The zero-order chi connectivity index (χ0) is 15.4. The summed E-state index contributed by atoms with van der Waals surface area (Å²) in [5.74, 6) is 1.54. The molecule has 1 heterocycles. The predicted molar refractivity (Wildman–Crippen MR) is 96.9 cm³/mol. The van der Waals surface area contributed by atoms with Crippen LogP contribution in [0.3, 0.4) is 0 Å². The first kappa shape index (κ1) is 17.8. The Morgan fingerprint density at radius 3 is 2.43 bits per heavy atom. The molecule has 3 nitrogen and oxygen atoms in total. The van der Waals surface area contributed by atoms with E-state index in [0.29, 0.717) is 12.5 Å². The van der Waals surface area contributed by atoms with Crippen molar-refractivity contribution < 1.29 is 4.74 Å². The van der Waals surface area contributed by atoms with Crippen molar-refractivity contribution in [1.82, 2.24) is 4.90 Å². The van der Waals surface area contributed by atoms with Gasteiger partial charge in [-0.05, 0) is 17.5 Å². The average Bonchev–Trinajstić information content (AvgIpc) is 2.85. The minimum absolute atomic E-state index is 0. The van der Waals surface area contributed by atoms with Gasteiger partial charge < -0.3 is 10.5 Å². The van der Waals surface area contributed by atoms with Gasteiger partial charge in [-0.25, -0.2) is 0 Å². The van der Waals surface area contributed by atoms with Crippen molar-refractivity contribution >= 4 is 12.4 Å². The highest BCUT2D eigenvalue weighted by Crippen LogP contribution is 2.24. The second-order valence-electron chi connectivity index (χ2n) is 6.22. The Morgan fingerprint density at radius 2 is 1.74 bits per heavy atom. The molecule has 23 heavy (non-hydrogen) atoms. The van der Waals surface area contributed by atoms with Gasteiger partial charge >= 0.3 is 0 Å². The molecule has 0 saturated carbocycles. The van der Waals surface area contributed by atoms with E-state index in [2.05, 4.69) is 42.2 Å². The summed E-state index contributed by atoms with van der Waals surface area (Å²) in [6.45, 7) is 5.77. The third-order valence-electron chi connectivity index (χ3n) is 4.35. The van der Waals surface area contributed by atoms with Crippen LogP contribution in [-0.2, 0) is 13.2 Å². The topological polar surface area (TPSA) is 38.5 Å². The average molecular weight is 333 g/mol. The summed E-state index contributed by atoms with van der Waals surface area (Å²) in [7, 11) is 0. The first-order valence-electron chi connectivity index (χ1n) is 7.95. The van der Waals surface area contributed by atoms with Crippen molar-refractivity contribution in [3.63, 3.8) is 0 Å². The molecule has 3 rings (SSSR count). The molecule has 0 aromatic heterocycles. The minimum Gasteiger partial charge on any atom is -0.489 e. The Labute approximate surface area is 144 Å². The van der Waals surface area contributed by atoms with E-state index in [1.807, 2.05) is 24.3 Å². The molecule has 2 aromatic rings. The smallest absolute Gasteiger partial charge is 0.124 e. The van der Waals surface area contributed by atoms with Gasteiger partial charge in [0.05, 0.1) is 0 Å². The first-order valence-corrected chi connectivity index (χ1v) is 7.95. The number of nitrogens with two attached hydrogens (primary N) is 1. The molecule has 0 aliphatic carbocycles. The van der Waals surface area contributed by atoms with E-state index >= 15 is 0 Å². The summed E-state index contributed by atoms with van der Waals surface area (Å²) in [4.78, 5) is 2.42. The Kier molecular flexibility index (Phi) is 6.46. The molecule has 2 aromatic carbocycles. The van der Waals surface area contributed by atoms with Crippen molar-refractivity contribution in [1.29, 1.82) is 0 Å². The molecule has 0 amide bonds. The fourth-order valence-corrected chi connectivity index (χ4v) is 2.98. The molecule has 2 atom stereocenters. The summed E-state index contributed by atoms with van der Waals surface area (Å²) < 4.78 is 6.03. The monoisotopic (exact) mass is 332 g/mol. The van der Waals surface area contributed by atoms with Gasteiger partial charge in [-0.15, -0.1) is 12.4 Å². The van der Waals surface area contributed by atoms with Crippen LogP contribution in [-0.4, -0.2) is 24.0 Å². The number of nitrogens with zero attached hydrogens (tertiary/aromatic N) is 1. The Hall–Kier alpha value is -1.55. The number of hydrogen-bond acceptors (Lipinski definition) is 3. The first-order chi connectivity index (χ1) is 10.7. The molecular weight excluding hydrogens is 308 g/mol. The van der Waals surface area contributed by atoms with Gasteiger partial charge in [0.25, 0.3) is 0 Å². The van der Waals surface area contributed by atoms with Crippen molar-refractivity contribution in [3.8, 4) is 5.75 Å². The highest BCUT2D eigenvalue weighted by molar-refractivity contribution is 5.85. The number of halogens is 1. The normalized spacial score (nSPS) is 21.0. The third-order valence-corrected chi connectivity index (χ3v) is 4.35. The van der Waals surface area contributed by atoms with E-state index in [9.17, 15) is 0 Å². The molecule has 1 fully saturated rings. The second kappa shape index (κ2) is 8.34. The molecule has 2 unspecified atom stereocenters. The molecule has 1 aliphatic rings. The summed E-state index contributed by atoms with van der Waals surface area (Å²) >= 11 is 0. The minimum atomic E-state index is 0. The number of rotatable bonds is 5. The highest BCUT2D eigenvalue weighted by atomic mass is 35.5. The van der Waals surface area contributed by atoms with E-state index < -0.39 is 0 Å². The number of likely N-dealkylation sites (tertiary alicyclic amines) is 1. The van der Waals surface area contributed by atoms with Gasteiger partial charge in [-0.3, -0.25) is 4.90 Å². The number of ether oxygens (including phenoxy) is 1. The summed E-state index contributed by atoms with van der Waals surface area (Å²) in [6, 6.07) is 18.9. The van der Waals surface area contributed by atoms with E-state index in [4.69, 9.17) is 10.5 Å². The Bertz CT molecular complexity index is 595. The molecule has 1 saturated heterocycles. The van der Waals surface area contributed by atoms with Gasteiger partial charge in [0.15, 0.2) is 0 Å². The zero-order valence-corrected chi connectivity index (χ0v) is 14.3. The maximum absolute atomic E-state index is 6.12. The fourth-order valence-electron chi connectivity index (χ4n) is 2.98. The van der Waals surface area contributed by atoms with E-state index in [-0.39, 0.29) is 18.4 Å². The van der Waals surface area contributed by atoms with Crippen molar-refractivity contribution in [2.45, 2.75) is 26.1 Å². The summed E-state index contributed by atoms with van der Waals surface area (Å²) in [5, 5.41) is 0.